The summed E-state index contributed by atoms with van der Waals surface area (Å²) >= 11 is 0. The number of hydrogen-bond acceptors (Lipinski definition) is 2. The Morgan fingerprint density at radius 1 is 1.00 bits per heavy atom. The SMILES string of the molecule is CCCc1ccc(CCNCC2(CNC)CC2)cc1. The summed E-state index contributed by atoms with van der Waals surface area (Å²) in [5.41, 5.74) is 3.48. The number of nitrogens with one attached hydrogen (secondary N) is 2. The van der Waals surface area contributed by atoms with Gasteiger partial charge >= 0.3 is 0 Å². The Hall–Kier alpha value is -0.860. The van der Waals surface area contributed by atoms with Gasteiger partial charge in [-0.25, -0.2) is 0 Å². The molecular weight excluding hydrogens is 232 g/mol. The minimum absolute atomic E-state index is 0.569. The van der Waals surface area contributed by atoms with Crippen molar-refractivity contribution in [2.45, 2.75) is 39.0 Å². The van der Waals surface area contributed by atoms with Gasteiger partial charge in [-0.15, -0.1) is 0 Å². The first-order chi connectivity index (χ1) is 9.28. The van der Waals surface area contributed by atoms with Gasteiger partial charge < -0.3 is 10.6 Å². The molecule has 1 aliphatic carbocycles. The van der Waals surface area contributed by atoms with Crippen LogP contribution in [0.15, 0.2) is 24.3 Å². The maximum absolute atomic E-state index is 3.62. The average Bonchev–Trinajstić information content (AvgIpc) is 3.18. The Kier molecular flexibility index (Phi) is 5.41. The van der Waals surface area contributed by atoms with E-state index in [9.17, 15) is 0 Å². The third kappa shape index (κ3) is 4.63. The van der Waals surface area contributed by atoms with Gasteiger partial charge in [0.25, 0.3) is 0 Å². The monoisotopic (exact) mass is 260 g/mol. The van der Waals surface area contributed by atoms with Gasteiger partial charge in [0, 0.05) is 13.1 Å². The molecule has 1 aliphatic rings. The quantitative estimate of drug-likeness (QED) is 0.667. The molecular formula is C17H28N2. The molecule has 2 rings (SSSR count). The molecule has 0 amide bonds. The molecule has 1 saturated carbocycles. The van der Waals surface area contributed by atoms with E-state index >= 15 is 0 Å². The van der Waals surface area contributed by atoms with Crippen LogP contribution < -0.4 is 10.6 Å². The molecule has 0 radical (unpaired) electrons. The molecule has 0 bridgehead atoms. The molecule has 0 heterocycles. The van der Waals surface area contributed by atoms with Crippen LogP contribution in [0.3, 0.4) is 0 Å². The summed E-state index contributed by atoms with van der Waals surface area (Å²) in [6, 6.07) is 9.13. The number of aryl methyl sites for hydroxylation is 1. The molecule has 0 aromatic heterocycles. The fourth-order valence-corrected chi connectivity index (χ4v) is 2.72. The Morgan fingerprint density at radius 2 is 1.63 bits per heavy atom. The van der Waals surface area contributed by atoms with E-state index < -0.39 is 0 Å². The maximum atomic E-state index is 3.62. The van der Waals surface area contributed by atoms with Crippen molar-refractivity contribution < 1.29 is 0 Å². The molecule has 0 saturated heterocycles. The highest BCUT2D eigenvalue weighted by Crippen LogP contribution is 2.44. The number of hydrogen-bond donors (Lipinski definition) is 2. The highest BCUT2D eigenvalue weighted by Gasteiger charge is 2.41. The minimum atomic E-state index is 0.569. The van der Waals surface area contributed by atoms with Crippen molar-refractivity contribution in [2.24, 2.45) is 5.41 Å². The largest absolute Gasteiger partial charge is 0.319 e. The number of rotatable bonds is 9. The highest BCUT2D eigenvalue weighted by atomic mass is 14.9. The standard InChI is InChI=1S/C17H28N2/c1-3-4-15-5-7-16(8-6-15)9-12-19-14-17(10-11-17)13-18-2/h5-8,18-19H,3-4,9-14H2,1-2H3. The molecule has 1 aromatic carbocycles. The van der Waals surface area contributed by atoms with Crippen molar-refractivity contribution >= 4 is 0 Å². The lowest BCUT2D eigenvalue weighted by Gasteiger charge is -2.15. The summed E-state index contributed by atoms with van der Waals surface area (Å²) in [5, 5.41) is 6.93. The van der Waals surface area contributed by atoms with Crippen LogP contribution in [0.5, 0.6) is 0 Å². The third-order valence-corrected chi connectivity index (χ3v) is 4.16. The van der Waals surface area contributed by atoms with Crippen LogP contribution in [-0.2, 0) is 12.8 Å². The van der Waals surface area contributed by atoms with Gasteiger partial charge in [0.2, 0.25) is 0 Å². The fraction of sp³-hybridized carbons (Fsp3) is 0.647. The maximum Gasteiger partial charge on any atom is 0.00201 e. The molecule has 2 heteroatoms. The van der Waals surface area contributed by atoms with Crippen LogP contribution in [0.1, 0.15) is 37.3 Å². The summed E-state index contributed by atoms with van der Waals surface area (Å²) in [6.07, 6.45) is 6.33. The van der Waals surface area contributed by atoms with Crippen LogP contribution in [-0.4, -0.2) is 26.7 Å². The summed E-state index contributed by atoms with van der Waals surface area (Å²) in [6.45, 7) is 5.66. The smallest absolute Gasteiger partial charge is 0.00201 e. The van der Waals surface area contributed by atoms with Crippen LogP contribution in [0, 0.1) is 5.41 Å². The fourth-order valence-electron chi connectivity index (χ4n) is 2.72. The second kappa shape index (κ2) is 7.06. The summed E-state index contributed by atoms with van der Waals surface area (Å²) in [4.78, 5) is 0. The average molecular weight is 260 g/mol. The van der Waals surface area contributed by atoms with E-state index in [2.05, 4.69) is 48.9 Å². The molecule has 0 atom stereocenters. The zero-order valence-corrected chi connectivity index (χ0v) is 12.5. The zero-order valence-electron chi connectivity index (χ0n) is 12.5. The lowest BCUT2D eigenvalue weighted by molar-refractivity contribution is 0.441. The van der Waals surface area contributed by atoms with Crippen molar-refractivity contribution in [1.82, 2.24) is 10.6 Å². The molecule has 2 nitrogen and oxygen atoms in total. The van der Waals surface area contributed by atoms with Crippen molar-refractivity contribution in [3.63, 3.8) is 0 Å². The van der Waals surface area contributed by atoms with Crippen LogP contribution in [0.4, 0.5) is 0 Å². The van der Waals surface area contributed by atoms with Crippen molar-refractivity contribution in [3.8, 4) is 0 Å². The van der Waals surface area contributed by atoms with Gasteiger partial charge in [-0.2, -0.15) is 0 Å². The van der Waals surface area contributed by atoms with Gasteiger partial charge in [0.1, 0.15) is 0 Å². The van der Waals surface area contributed by atoms with E-state index in [4.69, 9.17) is 0 Å². The predicted octanol–water partition coefficient (Wildman–Crippen LogP) is 2.77. The normalized spacial score (nSPS) is 16.5. The summed E-state index contributed by atoms with van der Waals surface area (Å²) in [5.74, 6) is 0. The molecule has 0 unspecified atom stereocenters. The Bertz CT molecular complexity index is 365. The van der Waals surface area contributed by atoms with E-state index in [1.54, 1.807) is 0 Å². The first-order valence-corrected chi connectivity index (χ1v) is 7.71. The highest BCUT2D eigenvalue weighted by molar-refractivity contribution is 5.22. The molecule has 1 fully saturated rings. The van der Waals surface area contributed by atoms with Crippen molar-refractivity contribution in [3.05, 3.63) is 35.4 Å². The first kappa shape index (κ1) is 14.5. The second-order valence-corrected chi connectivity index (χ2v) is 6.02. The van der Waals surface area contributed by atoms with Crippen LogP contribution >= 0.6 is 0 Å². The van der Waals surface area contributed by atoms with Gasteiger partial charge in [0.05, 0.1) is 0 Å². The van der Waals surface area contributed by atoms with E-state index in [0.717, 1.165) is 19.5 Å². The van der Waals surface area contributed by atoms with Gasteiger partial charge in [-0.1, -0.05) is 37.6 Å². The number of benzene rings is 1. The van der Waals surface area contributed by atoms with Crippen LogP contribution in [0.2, 0.25) is 0 Å². The molecule has 1 aromatic rings. The second-order valence-electron chi connectivity index (χ2n) is 6.02. The molecule has 106 valence electrons. The van der Waals surface area contributed by atoms with Crippen molar-refractivity contribution in [2.75, 3.05) is 26.7 Å². The van der Waals surface area contributed by atoms with E-state index in [1.807, 2.05) is 0 Å². The summed E-state index contributed by atoms with van der Waals surface area (Å²) in [7, 11) is 2.05. The lowest BCUT2D eigenvalue weighted by atomic mass is 10.1. The first-order valence-electron chi connectivity index (χ1n) is 7.71. The Morgan fingerprint density at radius 3 is 2.16 bits per heavy atom. The summed E-state index contributed by atoms with van der Waals surface area (Å²) < 4.78 is 0. The van der Waals surface area contributed by atoms with Gasteiger partial charge in [-0.3, -0.25) is 0 Å². The van der Waals surface area contributed by atoms with E-state index in [-0.39, 0.29) is 0 Å². The lowest BCUT2D eigenvalue weighted by Crippen LogP contribution is -2.32. The van der Waals surface area contributed by atoms with Crippen LogP contribution in [0.25, 0.3) is 0 Å². The molecule has 0 spiro atoms. The Balaban J connectivity index is 1.65. The molecule has 19 heavy (non-hydrogen) atoms. The predicted molar refractivity (Wildman–Crippen MR) is 82.6 cm³/mol. The van der Waals surface area contributed by atoms with Gasteiger partial charge in [-0.05, 0) is 55.8 Å². The minimum Gasteiger partial charge on any atom is -0.319 e. The van der Waals surface area contributed by atoms with E-state index in [1.165, 1.54) is 43.4 Å². The topological polar surface area (TPSA) is 24.1 Å². The zero-order chi connectivity index (χ0) is 13.6. The van der Waals surface area contributed by atoms with E-state index in [0.29, 0.717) is 5.41 Å². The molecule has 2 N–H and O–H groups in total. The molecule has 0 aliphatic heterocycles. The van der Waals surface area contributed by atoms with Gasteiger partial charge in [0.15, 0.2) is 0 Å². The Labute approximate surface area is 118 Å². The third-order valence-electron chi connectivity index (χ3n) is 4.16. The van der Waals surface area contributed by atoms with Crippen molar-refractivity contribution in [1.29, 1.82) is 0 Å².